The number of methoxy groups -OCH3 is 2. The number of benzene rings is 3. The van der Waals surface area contributed by atoms with E-state index in [1.165, 1.54) is 0 Å². The lowest BCUT2D eigenvalue weighted by atomic mass is 9.71. The Bertz CT molecular complexity index is 1510. The fourth-order valence-electron chi connectivity index (χ4n) is 5.65. The number of nitrogens with one attached hydrogen (secondary N) is 2. The minimum absolute atomic E-state index is 0.0196. The van der Waals surface area contributed by atoms with Gasteiger partial charge in [0, 0.05) is 45.5 Å². The number of dihydropyridines is 1. The molecule has 3 aromatic carbocycles. The molecule has 1 aliphatic heterocycles. The minimum atomic E-state index is -0.462. The summed E-state index contributed by atoms with van der Waals surface area (Å²) in [5, 5.41) is 6.52. The molecule has 0 spiro atoms. The molecule has 2 N–H and O–H groups in total. The predicted octanol–water partition coefficient (Wildman–Crippen LogP) is 6.73. The highest BCUT2D eigenvalue weighted by atomic mass is 32.2. The van der Waals surface area contributed by atoms with Crippen LogP contribution in [0.15, 0.2) is 94.2 Å². The summed E-state index contributed by atoms with van der Waals surface area (Å²) < 4.78 is 10.9. The van der Waals surface area contributed by atoms with Gasteiger partial charge in [0.1, 0.15) is 0 Å². The van der Waals surface area contributed by atoms with Gasteiger partial charge in [0.2, 0.25) is 0 Å². The highest BCUT2D eigenvalue weighted by molar-refractivity contribution is 7.98. The van der Waals surface area contributed by atoms with E-state index >= 15 is 0 Å². The van der Waals surface area contributed by atoms with Gasteiger partial charge in [-0.15, -0.1) is 11.8 Å². The number of hydrogen-bond acceptors (Lipinski definition) is 6. The Hall–Kier alpha value is -3.97. The van der Waals surface area contributed by atoms with Crippen molar-refractivity contribution in [3.05, 3.63) is 106 Å². The summed E-state index contributed by atoms with van der Waals surface area (Å²) in [6.45, 7) is 3.93. The molecule has 0 aromatic heterocycles. The minimum Gasteiger partial charge on any atom is -0.493 e. The Morgan fingerprint density at radius 2 is 1.57 bits per heavy atom. The van der Waals surface area contributed by atoms with Crippen LogP contribution in [-0.2, 0) is 9.59 Å². The van der Waals surface area contributed by atoms with Crippen LogP contribution in [-0.4, -0.2) is 32.2 Å². The highest BCUT2D eigenvalue weighted by Gasteiger charge is 2.41. The topological polar surface area (TPSA) is 76.7 Å². The van der Waals surface area contributed by atoms with Gasteiger partial charge < -0.3 is 20.1 Å². The molecule has 5 rings (SSSR count). The molecule has 40 heavy (non-hydrogen) atoms. The maximum atomic E-state index is 14.0. The molecule has 6 nitrogen and oxygen atoms in total. The molecule has 0 radical (unpaired) electrons. The molecule has 0 saturated carbocycles. The molecule has 0 fully saturated rings. The van der Waals surface area contributed by atoms with E-state index in [2.05, 4.69) is 10.6 Å². The third kappa shape index (κ3) is 5.39. The van der Waals surface area contributed by atoms with E-state index in [0.717, 1.165) is 38.7 Å². The van der Waals surface area contributed by atoms with E-state index in [1.54, 1.807) is 26.0 Å². The van der Waals surface area contributed by atoms with Crippen LogP contribution in [0.1, 0.15) is 48.3 Å². The lowest BCUT2D eigenvalue weighted by Crippen LogP contribution is -2.37. The number of allylic oxidation sites excluding steroid dienone is 3. The molecule has 0 bridgehead atoms. The van der Waals surface area contributed by atoms with Gasteiger partial charge in [0.15, 0.2) is 17.3 Å². The Balaban J connectivity index is 1.54. The number of aryl methyl sites for hydroxylation is 1. The Labute approximate surface area is 239 Å². The van der Waals surface area contributed by atoms with Crippen molar-refractivity contribution in [1.29, 1.82) is 0 Å². The molecule has 2 atom stereocenters. The Morgan fingerprint density at radius 3 is 2.23 bits per heavy atom. The van der Waals surface area contributed by atoms with E-state index in [-0.39, 0.29) is 17.6 Å². The largest absolute Gasteiger partial charge is 0.493 e. The van der Waals surface area contributed by atoms with E-state index in [1.807, 2.05) is 86.8 Å². The normalized spacial score (nSPS) is 18.7. The predicted molar refractivity (Wildman–Crippen MR) is 160 cm³/mol. The lowest BCUT2D eigenvalue weighted by molar-refractivity contribution is -0.116. The monoisotopic (exact) mass is 554 g/mol. The molecule has 1 aliphatic carbocycles. The second-order valence-electron chi connectivity index (χ2n) is 10.2. The van der Waals surface area contributed by atoms with Crippen LogP contribution in [0.3, 0.4) is 0 Å². The third-order valence-electron chi connectivity index (χ3n) is 7.71. The molecule has 0 unspecified atom stereocenters. The summed E-state index contributed by atoms with van der Waals surface area (Å²) >= 11 is 1.66. The molecule has 7 heteroatoms. The summed E-state index contributed by atoms with van der Waals surface area (Å²) in [4.78, 5) is 28.9. The summed E-state index contributed by atoms with van der Waals surface area (Å²) in [7, 11) is 3.22. The molecule has 2 aliphatic rings. The first kappa shape index (κ1) is 27.6. The van der Waals surface area contributed by atoms with Crippen LogP contribution in [0.2, 0.25) is 0 Å². The SMILES string of the molecule is COc1ccc([C@@H]2CC(=O)C3=C(C2)NC(C)=C(C(=O)Nc2ccc(C)cc2)[C@H]3c2ccc(SC)cc2)cc1OC. The van der Waals surface area contributed by atoms with Crippen LogP contribution < -0.4 is 20.1 Å². The van der Waals surface area contributed by atoms with Crippen molar-refractivity contribution < 1.29 is 19.1 Å². The zero-order valence-corrected chi connectivity index (χ0v) is 24.3. The number of rotatable bonds is 7. The quantitative estimate of drug-likeness (QED) is 0.315. The van der Waals surface area contributed by atoms with Gasteiger partial charge in [-0.2, -0.15) is 0 Å². The van der Waals surface area contributed by atoms with Gasteiger partial charge in [-0.05, 0) is 80.0 Å². The number of thioether (sulfide) groups is 1. The smallest absolute Gasteiger partial charge is 0.254 e. The number of anilines is 1. The van der Waals surface area contributed by atoms with Crippen molar-refractivity contribution in [1.82, 2.24) is 5.32 Å². The maximum Gasteiger partial charge on any atom is 0.254 e. The van der Waals surface area contributed by atoms with Crippen LogP contribution in [0, 0.1) is 6.92 Å². The summed E-state index contributed by atoms with van der Waals surface area (Å²) in [5.74, 6) is 0.641. The highest BCUT2D eigenvalue weighted by Crippen LogP contribution is 2.46. The van der Waals surface area contributed by atoms with E-state index in [4.69, 9.17) is 9.47 Å². The van der Waals surface area contributed by atoms with Gasteiger partial charge in [-0.1, -0.05) is 35.9 Å². The second-order valence-corrected chi connectivity index (χ2v) is 11.1. The van der Waals surface area contributed by atoms with Gasteiger partial charge in [-0.25, -0.2) is 0 Å². The molecular formula is C33H34N2O4S. The first-order chi connectivity index (χ1) is 19.3. The summed E-state index contributed by atoms with van der Waals surface area (Å²) in [5.41, 5.74) is 6.65. The molecule has 3 aromatic rings. The number of ether oxygens (including phenoxy) is 2. The Kier molecular flexibility index (Phi) is 8.03. The number of hydrogen-bond donors (Lipinski definition) is 2. The van der Waals surface area contributed by atoms with Gasteiger partial charge >= 0.3 is 0 Å². The van der Waals surface area contributed by atoms with E-state index in [0.29, 0.717) is 35.5 Å². The number of carbonyl (C=O) groups excluding carboxylic acids is 2. The maximum absolute atomic E-state index is 14.0. The number of Topliss-reactive ketones (excluding diaryl/α,β-unsaturated/α-hetero) is 1. The van der Waals surface area contributed by atoms with Crippen molar-refractivity contribution in [3.8, 4) is 11.5 Å². The molecule has 1 amide bonds. The van der Waals surface area contributed by atoms with E-state index in [9.17, 15) is 9.59 Å². The summed E-state index contributed by atoms with van der Waals surface area (Å²) in [6.07, 6.45) is 3.03. The summed E-state index contributed by atoms with van der Waals surface area (Å²) in [6, 6.07) is 21.7. The first-order valence-corrected chi connectivity index (χ1v) is 14.5. The lowest BCUT2D eigenvalue weighted by Gasteiger charge is -2.37. The number of ketones is 1. The average Bonchev–Trinajstić information content (AvgIpc) is 2.97. The van der Waals surface area contributed by atoms with Crippen LogP contribution in [0.4, 0.5) is 5.69 Å². The van der Waals surface area contributed by atoms with Crippen LogP contribution in [0.25, 0.3) is 0 Å². The average molecular weight is 555 g/mol. The van der Waals surface area contributed by atoms with Crippen molar-refractivity contribution in [2.75, 3.05) is 25.8 Å². The van der Waals surface area contributed by atoms with Crippen LogP contribution in [0.5, 0.6) is 11.5 Å². The molecule has 0 saturated heterocycles. The third-order valence-corrected chi connectivity index (χ3v) is 8.45. The first-order valence-electron chi connectivity index (χ1n) is 13.3. The molecular weight excluding hydrogens is 520 g/mol. The zero-order valence-electron chi connectivity index (χ0n) is 23.5. The standard InChI is InChI=1S/C33H34N2O4S/c1-19-6-11-24(12-7-19)35-33(37)30-20(2)34-26-16-23(22-10-15-28(38-3)29(18-22)39-4)17-27(36)32(26)31(30)21-8-13-25(40-5)14-9-21/h6-15,18,23,31,34H,16-17H2,1-5H3,(H,35,37)/t23-,31+/m0/s1. The molecule has 1 heterocycles. The fourth-order valence-corrected chi connectivity index (χ4v) is 6.06. The number of carbonyl (C=O) groups is 2. The van der Waals surface area contributed by atoms with Crippen molar-refractivity contribution >= 4 is 29.1 Å². The zero-order chi connectivity index (χ0) is 28.4. The van der Waals surface area contributed by atoms with Crippen molar-refractivity contribution in [2.24, 2.45) is 0 Å². The fraction of sp³-hybridized carbons (Fsp3) is 0.273. The number of amides is 1. The van der Waals surface area contributed by atoms with Gasteiger partial charge in [0.25, 0.3) is 5.91 Å². The second kappa shape index (κ2) is 11.6. The van der Waals surface area contributed by atoms with Gasteiger partial charge in [0.05, 0.1) is 14.2 Å². The van der Waals surface area contributed by atoms with Crippen LogP contribution >= 0.6 is 11.8 Å². The molecule has 206 valence electrons. The Morgan fingerprint density at radius 1 is 0.900 bits per heavy atom. The van der Waals surface area contributed by atoms with Crippen molar-refractivity contribution in [3.63, 3.8) is 0 Å². The van der Waals surface area contributed by atoms with E-state index < -0.39 is 5.92 Å². The van der Waals surface area contributed by atoms with Gasteiger partial charge in [-0.3, -0.25) is 9.59 Å². The van der Waals surface area contributed by atoms with Crippen molar-refractivity contribution in [2.45, 2.75) is 43.4 Å².